The molecule has 2 heterocycles. The highest BCUT2D eigenvalue weighted by Crippen LogP contribution is 2.38. The van der Waals surface area contributed by atoms with E-state index in [-0.39, 0.29) is 19.1 Å². The molecular formula is C21H24Cl2N2O4S. The van der Waals surface area contributed by atoms with Crippen LogP contribution in [0.15, 0.2) is 18.2 Å². The smallest absolute Gasteiger partial charge is 0.341 e. The van der Waals surface area contributed by atoms with Crippen molar-refractivity contribution in [2.24, 2.45) is 0 Å². The number of hydrogen-bond acceptors (Lipinski definition) is 6. The van der Waals surface area contributed by atoms with Crippen molar-refractivity contribution < 1.29 is 19.1 Å². The number of nitrogens with zero attached hydrogens (tertiary/aromatic N) is 1. The molecular weight excluding hydrogens is 447 g/mol. The van der Waals surface area contributed by atoms with Crippen molar-refractivity contribution in [3.8, 4) is 5.75 Å². The third kappa shape index (κ3) is 5.27. The van der Waals surface area contributed by atoms with Crippen molar-refractivity contribution in [1.29, 1.82) is 0 Å². The van der Waals surface area contributed by atoms with Gasteiger partial charge >= 0.3 is 5.97 Å². The summed E-state index contributed by atoms with van der Waals surface area (Å²) in [4.78, 5) is 28.5. The average molecular weight is 471 g/mol. The van der Waals surface area contributed by atoms with Crippen LogP contribution in [0.4, 0.5) is 5.00 Å². The number of hydrogen-bond donors (Lipinski definition) is 1. The van der Waals surface area contributed by atoms with Gasteiger partial charge in [0.05, 0.1) is 17.2 Å². The Morgan fingerprint density at radius 2 is 2.07 bits per heavy atom. The van der Waals surface area contributed by atoms with E-state index in [9.17, 15) is 9.59 Å². The summed E-state index contributed by atoms with van der Waals surface area (Å²) in [6.07, 6.45) is 0.741. The zero-order valence-corrected chi connectivity index (χ0v) is 19.4. The SMILES string of the molecule is CCOC(=O)c1c(NC(=O)COc2ccc(Cl)cc2Cl)sc2c1CCN(C(C)C)C2. The fourth-order valence-corrected chi connectivity index (χ4v) is 5.01. The van der Waals surface area contributed by atoms with Crippen LogP contribution in [0.1, 0.15) is 41.6 Å². The first-order chi connectivity index (χ1) is 14.3. The molecule has 1 aliphatic rings. The Hall–Kier alpha value is -1.80. The van der Waals surface area contributed by atoms with Gasteiger partial charge in [0.25, 0.3) is 5.91 Å². The van der Waals surface area contributed by atoms with Crippen LogP contribution < -0.4 is 10.1 Å². The van der Waals surface area contributed by atoms with Crippen LogP contribution in [0.5, 0.6) is 5.75 Å². The normalized spacial score (nSPS) is 13.8. The van der Waals surface area contributed by atoms with E-state index in [1.165, 1.54) is 11.3 Å². The number of anilines is 1. The summed E-state index contributed by atoms with van der Waals surface area (Å²) in [6.45, 7) is 7.69. The van der Waals surface area contributed by atoms with Crippen molar-refractivity contribution in [2.45, 2.75) is 39.8 Å². The Labute approximate surface area is 190 Å². The highest BCUT2D eigenvalue weighted by molar-refractivity contribution is 7.17. The predicted octanol–water partition coefficient (Wildman–Crippen LogP) is 5.02. The molecule has 0 saturated heterocycles. The zero-order chi connectivity index (χ0) is 21.8. The molecule has 0 saturated carbocycles. The molecule has 30 heavy (non-hydrogen) atoms. The lowest BCUT2D eigenvalue weighted by Gasteiger charge is -2.30. The highest BCUT2D eigenvalue weighted by atomic mass is 35.5. The second-order valence-electron chi connectivity index (χ2n) is 7.15. The minimum atomic E-state index is -0.412. The molecule has 0 bridgehead atoms. The van der Waals surface area contributed by atoms with E-state index in [1.54, 1.807) is 25.1 Å². The van der Waals surface area contributed by atoms with Crippen molar-refractivity contribution >= 4 is 51.4 Å². The predicted molar refractivity (Wildman–Crippen MR) is 120 cm³/mol. The minimum absolute atomic E-state index is 0.246. The van der Waals surface area contributed by atoms with Gasteiger partial charge in [-0.25, -0.2) is 4.79 Å². The van der Waals surface area contributed by atoms with E-state index in [1.807, 2.05) is 0 Å². The van der Waals surface area contributed by atoms with Crippen LogP contribution in [0.25, 0.3) is 0 Å². The molecule has 0 unspecified atom stereocenters. The molecule has 1 aromatic carbocycles. The second-order valence-corrected chi connectivity index (χ2v) is 9.10. The third-order valence-electron chi connectivity index (χ3n) is 4.80. The molecule has 6 nitrogen and oxygen atoms in total. The van der Waals surface area contributed by atoms with Crippen molar-refractivity contribution in [2.75, 3.05) is 25.1 Å². The van der Waals surface area contributed by atoms with Crippen molar-refractivity contribution in [3.05, 3.63) is 44.2 Å². The van der Waals surface area contributed by atoms with Crippen LogP contribution in [0.3, 0.4) is 0 Å². The van der Waals surface area contributed by atoms with Crippen LogP contribution in [0, 0.1) is 0 Å². The minimum Gasteiger partial charge on any atom is -0.482 e. The Morgan fingerprint density at radius 3 is 2.73 bits per heavy atom. The fourth-order valence-electron chi connectivity index (χ4n) is 3.27. The molecule has 1 aromatic heterocycles. The molecule has 1 amide bonds. The van der Waals surface area contributed by atoms with Crippen LogP contribution in [-0.2, 0) is 22.5 Å². The quantitative estimate of drug-likeness (QED) is 0.575. The summed E-state index contributed by atoms with van der Waals surface area (Å²) in [7, 11) is 0. The molecule has 162 valence electrons. The number of fused-ring (bicyclic) bond motifs is 1. The summed E-state index contributed by atoms with van der Waals surface area (Å²) in [5, 5.41) is 4.12. The van der Waals surface area contributed by atoms with Gasteiger partial charge in [0.1, 0.15) is 10.8 Å². The van der Waals surface area contributed by atoms with Gasteiger partial charge in [-0.1, -0.05) is 23.2 Å². The lowest BCUT2D eigenvalue weighted by atomic mass is 10.0. The molecule has 0 fully saturated rings. The summed E-state index contributed by atoms with van der Waals surface area (Å²) in [5.41, 5.74) is 1.42. The molecule has 1 N–H and O–H groups in total. The molecule has 9 heteroatoms. The van der Waals surface area contributed by atoms with E-state index < -0.39 is 5.97 Å². The van der Waals surface area contributed by atoms with Gasteiger partial charge in [-0.3, -0.25) is 9.69 Å². The van der Waals surface area contributed by atoms with E-state index in [0.29, 0.717) is 32.4 Å². The number of halogens is 2. The van der Waals surface area contributed by atoms with Crippen LogP contribution in [0.2, 0.25) is 10.0 Å². The van der Waals surface area contributed by atoms with Gasteiger partial charge in [-0.05, 0) is 51.0 Å². The maximum absolute atomic E-state index is 12.6. The standard InChI is InChI=1S/C21H24Cl2N2O4S/c1-4-28-21(27)19-14-7-8-25(12(2)3)10-17(14)30-20(19)24-18(26)11-29-16-6-5-13(22)9-15(16)23/h5-6,9,12H,4,7-8,10-11H2,1-3H3,(H,24,26). The summed E-state index contributed by atoms with van der Waals surface area (Å²) < 4.78 is 10.7. The van der Waals surface area contributed by atoms with Gasteiger partial charge in [-0.2, -0.15) is 0 Å². The molecule has 0 spiro atoms. The number of carbonyl (C=O) groups excluding carboxylic acids is 2. The van der Waals surface area contributed by atoms with E-state index in [0.717, 1.165) is 30.0 Å². The van der Waals surface area contributed by atoms with E-state index in [2.05, 4.69) is 24.1 Å². The summed E-state index contributed by atoms with van der Waals surface area (Å²) in [6, 6.07) is 5.18. The first-order valence-corrected chi connectivity index (χ1v) is 11.3. The average Bonchev–Trinajstić information content (AvgIpc) is 3.04. The van der Waals surface area contributed by atoms with Gasteiger partial charge in [0.15, 0.2) is 6.61 Å². The molecule has 0 atom stereocenters. The van der Waals surface area contributed by atoms with Gasteiger partial charge in [0, 0.05) is 29.0 Å². The number of carbonyl (C=O) groups is 2. The van der Waals surface area contributed by atoms with Gasteiger partial charge < -0.3 is 14.8 Å². The van der Waals surface area contributed by atoms with E-state index >= 15 is 0 Å². The Morgan fingerprint density at radius 1 is 1.30 bits per heavy atom. The maximum Gasteiger partial charge on any atom is 0.341 e. The molecule has 0 aliphatic carbocycles. The van der Waals surface area contributed by atoms with Crippen LogP contribution in [-0.4, -0.2) is 42.6 Å². The number of nitrogens with one attached hydrogen (secondary N) is 1. The third-order valence-corrected chi connectivity index (χ3v) is 6.46. The summed E-state index contributed by atoms with van der Waals surface area (Å²) in [5.74, 6) is -0.435. The molecule has 2 aromatic rings. The topological polar surface area (TPSA) is 67.9 Å². The number of esters is 1. The first kappa shape index (κ1) is 22.9. The maximum atomic E-state index is 12.6. The number of benzene rings is 1. The van der Waals surface area contributed by atoms with Crippen LogP contribution >= 0.6 is 34.5 Å². The number of amides is 1. The number of thiophene rings is 1. The van der Waals surface area contributed by atoms with Gasteiger partial charge in [-0.15, -0.1) is 11.3 Å². The molecule has 0 radical (unpaired) electrons. The lowest BCUT2D eigenvalue weighted by Crippen LogP contribution is -2.35. The second kappa shape index (κ2) is 10.0. The number of ether oxygens (including phenoxy) is 2. The zero-order valence-electron chi connectivity index (χ0n) is 17.1. The largest absolute Gasteiger partial charge is 0.482 e. The monoisotopic (exact) mass is 470 g/mol. The summed E-state index contributed by atoms with van der Waals surface area (Å²) >= 11 is 13.4. The highest BCUT2D eigenvalue weighted by Gasteiger charge is 2.30. The Bertz CT molecular complexity index is 945. The Kier molecular flexibility index (Phi) is 7.63. The Balaban J connectivity index is 1.77. The van der Waals surface area contributed by atoms with Crippen molar-refractivity contribution in [3.63, 3.8) is 0 Å². The van der Waals surface area contributed by atoms with Gasteiger partial charge in [0.2, 0.25) is 0 Å². The first-order valence-electron chi connectivity index (χ1n) is 9.73. The van der Waals surface area contributed by atoms with Crippen molar-refractivity contribution in [1.82, 2.24) is 4.90 Å². The number of rotatable bonds is 7. The molecule has 3 rings (SSSR count). The molecule has 1 aliphatic heterocycles. The van der Waals surface area contributed by atoms with E-state index in [4.69, 9.17) is 32.7 Å². The lowest BCUT2D eigenvalue weighted by molar-refractivity contribution is -0.118. The fraction of sp³-hybridized carbons (Fsp3) is 0.429.